The van der Waals surface area contributed by atoms with E-state index in [9.17, 15) is 0 Å². The molecule has 2 rings (SSSR count). The summed E-state index contributed by atoms with van der Waals surface area (Å²) < 4.78 is 0. The summed E-state index contributed by atoms with van der Waals surface area (Å²) in [4.78, 5) is 0. The summed E-state index contributed by atoms with van der Waals surface area (Å²) in [5, 5.41) is 0. The molecule has 1 saturated carbocycles. The van der Waals surface area contributed by atoms with Crippen molar-refractivity contribution in [2.75, 3.05) is 0 Å². The van der Waals surface area contributed by atoms with Gasteiger partial charge in [0.05, 0.1) is 0 Å². The zero-order valence-corrected chi connectivity index (χ0v) is 10.3. The fourth-order valence-electron chi connectivity index (χ4n) is 3.92. The zero-order chi connectivity index (χ0) is 10.6. The predicted octanol–water partition coefficient (Wildman–Crippen LogP) is 5.09. The number of hydrogen-bond acceptors (Lipinski definition) is 0. The van der Waals surface area contributed by atoms with Gasteiger partial charge in [-0.3, -0.25) is 0 Å². The van der Waals surface area contributed by atoms with Crippen molar-refractivity contribution in [2.45, 2.75) is 71.1 Å². The van der Waals surface area contributed by atoms with Crippen LogP contribution in [0.5, 0.6) is 0 Å². The normalized spacial score (nSPS) is 33.1. The zero-order valence-electron chi connectivity index (χ0n) is 10.3. The maximum Gasteiger partial charge on any atom is -0.0232 e. The standard InChI is InChI=1S/C15H26/c1-2-11-15(12-7-4-8-13-15)14-9-5-3-6-10-14/h4,7,14H,2-3,5-6,8-13H2,1H3. The molecule has 0 N–H and O–H groups in total. The Morgan fingerprint density at radius 2 is 1.93 bits per heavy atom. The van der Waals surface area contributed by atoms with Gasteiger partial charge in [0.2, 0.25) is 0 Å². The Kier molecular flexibility index (Phi) is 3.88. The second-order valence-electron chi connectivity index (χ2n) is 5.66. The molecule has 86 valence electrons. The van der Waals surface area contributed by atoms with Gasteiger partial charge in [-0.2, -0.15) is 0 Å². The Balaban J connectivity index is 2.05. The summed E-state index contributed by atoms with van der Waals surface area (Å²) in [5.74, 6) is 1.05. The van der Waals surface area contributed by atoms with E-state index in [1.165, 1.54) is 64.2 Å². The second kappa shape index (κ2) is 5.18. The first-order valence-electron chi connectivity index (χ1n) is 7.02. The van der Waals surface area contributed by atoms with E-state index in [4.69, 9.17) is 0 Å². The van der Waals surface area contributed by atoms with Crippen LogP contribution in [-0.2, 0) is 0 Å². The molecule has 2 aliphatic carbocycles. The Bertz CT molecular complexity index is 210. The van der Waals surface area contributed by atoms with Crippen molar-refractivity contribution >= 4 is 0 Å². The maximum absolute atomic E-state index is 2.47. The molecule has 0 spiro atoms. The number of rotatable bonds is 3. The van der Waals surface area contributed by atoms with Crippen molar-refractivity contribution in [2.24, 2.45) is 11.3 Å². The van der Waals surface area contributed by atoms with Crippen LogP contribution in [0.1, 0.15) is 71.1 Å². The van der Waals surface area contributed by atoms with Crippen LogP contribution in [0.25, 0.3) is 0 Å². The quantitative estimate of drug-likeness (QED) is 0.564. The third kappa shape index (κ3) is 2.46. The molecule has 15 heavy (non-hydrogen) atoms. The lowest BCUT2D eigenvalue weighted by molar-refractivity contribution is 0.0900. The lowest BCUT2D eigenvalue weighted by Crippen LogP contribution is -2.33. The highest BCUT2D eigenvalue weighted by atomic mass is 14.4. The van der Waals surface area contributed by atoms with Crippen LogP contribution in [0.3, 0.4) is 0 Å². The van der Waals surface area contributed by atoms with Gasteiger partial charge in [-0.15, -0.1) is 0 Å². The molecule has 0 saturated heterocycles. The molecule has 0 bridgehead atoms. The highest BCUT2D eigenvalue weighted by molar-refractivity contribution is 5.00. The van der Waals surface area contributed by atoms with Crippen LogP contribution >= 0.6 is 0 Å². The largest absolute Gasteiger partial charge is 0.0885 e. The molecule has 1 unspecified atom stereocenters. The molecule has 1 fully saturated rings. The summed E-state index contributed by atoms with van der Waals surface area (Å²) in [5.41, 5.74) is 0.712. The number of hydrogen-bond donors (Lipinski definition) is 0. The van der Waals surface area contributed by atoms with Crippen molar-refractivity contribution in [3.05, 3.63) is 12.2 Å². The molecule has 0 nitrogen and oxygen atoms in total. The minimum Gasteiger partial charge on any atom is -0.0885 e. The highest BCUT2D eigenvalue weighted by Gasteiger charge is 2.37. The summed E-state index contributed by atoms with van der Waals surface area (Å²) in [6.45, 7) is 2.36. The molecule has 0 heteroatoms. The third-order valence-corrected chi connectivity index (χ3v) is 4.72. The van der Waals surface area contributed by atoms with Gasteiger partial charge in [0.1, 0.15) is 0 Å². The fourth-order valence-corrected chi connectivity index (χ4v) is 3.92. The van der Waals surface area contributed by atoms with E-state index in [2.05, 4.69) is 19.1 Å². The van der Waals surface area contributed by atoms with E-state index in [1.807, 2.05) is 0 Å². The first kappa shape index (κ1) is 11.2. The molecular weight excluding hydrogens is 180 g/mol. The van der Waals surface area contributed by atoms with Crippen molar-refractivity contribution in [1.29, 1.82) is 0 Å². The average molecular weight is 206 g/mol. The van der Waals surface area contributed by atoms with Crippen molar-refractivity contribution in [3.63, 3.8) is 0 Å². The van der Waals surface area contributed by atoms with Gasteiger partial charge in [0.15, 0.2) is 0 Å². The fraction of sp³-hybridized carbons (Fsp3) is 0.867. The lowest BCUT2D eigenvalue weighted by Gasteiger charge is -2.44. The van der Waals surface area contributed by atoms with E-state index < -0.39 is 0 Å². The molecule has 0 aromatic heterocycles. The van der Waals surface area contributed by atoms with E-state index in [0.29, 0.717) is 5.41 Å². The highest BCUT2D eigenvalue weighted by Crippen LogP contribution is 2.49. The summed E-state index contributed by atoms with van der Waals surface area (Å²) >= 11 is 0. The number of allylic oxidation sites excluding steroid dienone is 2. The minimum absolute atomic E-state index is 0.712. The summed E-state index contributed by atoms with van der Waals surface area (Å²) in [6, 6.07) is 0. The molecule has 0 amide bonds. The first-order chi connectivity index (χ1) is 7.37. The smallest absolute Gasteiger partial charge is 0.0232 e. The van der Waals surface area contributed by atoms with Crippen LogP contribution < -0.4 is 0 Å². The van der Waals surface area contributed by atoms with E-state index >= 15 is 0 Å². The van der Waals surface area contributed by atoms with E-state index in [-0.39, 0.29) is 0 Å². The lowest BCUT2D eigenvalue weighted by atomic mass is 9.61. The minimum atomic E-state index is 0.712. The molecule has 0 aliphatic heterocycles. The van der Waals surface area contributed by atoms with Gasteiger partial charge in [0.25, 0.3) is 0 Å². The molecule has 0 aromatic carbocycles. The van der Waals surface area contributed by atoms with Crippen LogP contribution in [0.4, 0.5) is 0 Å². The maximum atomic E-state index is 2.47. The molecular formula is C15H26. The first-order valence-corrected chi connectivity index (χ1v) is 7.02. The van der Waals surface area contributed by atoms with Gasteiger partial charge in [0, 0.05) is 0 Å². The molecule has 0 aromatic rings. The molecule has 0 radical (unpaired) electrons. The van der Waals surface area contributed by atoms with Crippen LogP contribution in [0.2, 0.25) is 0 Å². The van der Waals surface area contributed by atoms with Gasteiger partial charge in [-0.25, -0.2) is 0 Å². The SMILES string of the molecule is CCCC1(C2CCCCC2)CC=CCC1. The summed E-state index contributed by atoms with van der Waals surface area (Å²) in [6.07, 6.45) is 19.5. The Morgan fingerprint density at radius 1 is 1.13 bits per heavy atom. The van der Waals surface area contributed by atoms with Crippen LogP contribution in [0, 0.1) is 11.3 Å². The Labute approximate surface area is 95.1 Å². The molecule has 1 atom stereocenters. The van der Waals surface area contributed by atoms with Crippen LogP contribution in [-0.4, -0.2) is 0 Å². The van der Waals surface area contributed by atoms with Gasteiger partial charge >= 0.3 is 0 Å². The van der Waals surface area contributed by atoms with Gasteiger partial charge < -0.3 is 0 Å². The van der Waals surface area contributed by atoms with Crippen molar-refractivity contribution in [1.82, 2.24) is 0 Å². The third-order valence-electron chi connectivity index (χ3n) is 4.72. The van der Waals surface area contributed by atoms with Crippen LogP contribution in [0.15, 0.2) is 12.2 Å². The average Bonchev–Trinajstić information content (AvgIpc) is 2.32. The van der Waals surface area contributed by atoms with Crippen molar-refractivity contribution < 1.29 is 0 Å². The Morgan fingerprint density at radius 3 is 2.53 bits per heavy atom. The molecule has 0 heterocycles. The van der Waals surface area contributed by atoms with Gasteiger partial charge in [-0.05, 0) is 49.9 Å². The van der Waals surface area contributed by atoms with Gasteiger partial charge in [-0.1, -0.05) is 44.8 Å². The monoisotopic (exact) mass is 206 g/mol. The Hall–Kier alpha value is -0.260. The molecule has 2 aliphatic rings. The predicted molar refractivity (Wildman–Crippen MR) is 66.9 cm³/mol. The van der Waals surface area contributed by atoms with E-state index in [0.717, 1.165) is 5.92 Å². The second-order valence-corrected chi connectivity index (χ2v) is 5.66. The topological polar surface area (TPSA) is 0 Å². The van der Waals surface area contributed by atoms with E-state index in [1.54, 1.807) is 0 Å². The summed E-state index contributed by atoms with van der Waals surface area (Å²) in [7, 11) is 0. The van der Waals surface area contributed by atoms with Crippen molar-refractivity contribution in [3.8, 4) is 0 Å².